The van der Waals surface area contributed by atoms with Crippen LogP contribution < -0.4 is 16.0 Å². The summed E-state index contributed by atoms with van der Waals surface area (Å²) >= 11 is 5.91. The molecule has 0 aliphatic rings. The molecule has 0 bridgehead atoms. The summed E-state index contributed by atoms with van der Waals surface area (Å²) in [6.07, 6.45) is 3.66. The number of fused-ring (bicyclic) bond motifs is 2. The van der Waals surface area contributed by atoms with E-state index in [-0.39, 0.29) is 11.4 Å². The number of aromatic nitrogens is 4. The maximum Gasteiger partial charge on any atom is 0.336 e. The SMILES string of the molecule is ClCc1cccc(CN(Cc2ccccc2)Cc2ccccn2)n1.O=c1ccc2ccc(O)cc2o1.O=c1ccc2ccc(OCc3cccc(CN(Cc4ccccc4)Cc4ccccn4)n3)cc2o1. The van der Waals surface area contributed by atoms with Crippen molar-refractivity contribution >= 4 is 33.5 Å². The number of pyridine rings is 4. The number of nitrogens with zero attached hydrogens (tertiary/aromatic N) is 6. The number of alkyl halides is 1. The van der Waals surface area contributed by atoms with Gasteiger partial charge in [-0.2, -0.15) is 0 Å². The molecule has 356 valence electrons. The van der Waals surface area contributed by atoms with Crippen molar-refractivity contribution in [2.75, 3.05) is 0 Å². The van der Waals surface area contributed by atoms with Crippen LogP contribution in [0, 0.1) is 0 Å². The summed E-state index contributed by atoms with van der Waals surface area (Å²) in [5.41, 5.74) is 8.44. The number of halogens is 1. The van der Waals surface area contributed by atoms with Crippen molar-refractivity contribution in [1.82, 2.24) is 29.7 Å². The van der Waals surface area contributed by atoms with Gasteiger partial charge in [-0.15, -0.1) is 11.6 Å². The summed E-state index contributed by atoms with van der Waals surface area (Å²) in [7, 11) is 0. The number of aromatic hydroxyl groups is 1. The van der Waals surface area contributed by atoms with E-state index >= 15 is 0 Å². The molecule has 6 aromatic heterocycles. The Morgan fingerprint density at radius 1 is 0.451 bits per heavy atom. The van der Waals surface area contributed by atoms with Crippen molar-refractivity contribution in [2.45, 2.75) is 51.8 Å². The first-order valence-corrected chi connectivity index (χ1v) is 23.5. The van der Waals surface area contributed by atoms with E-state index < -0.39 is 5.63 Å². The molecule has 10 aromatic rings. The van der Waals surface area contributed by atoms with E-state index in [0.29, 0.717) is 35.9 Å². The number of hydrogen-bond donors (Lipinski definition) is 1. The number of rotatable bonds is 16. The highest BCUT2D eigenvalue weighted by atomic mass is 35.5. The van der Waals surface area contributed by atoms with E-state index in [0.717, 1.165) is 77.7 Å². The molecule has 0 unspecified atom stereocenters. The molecular weight excluding hydrogens is 912 g/mol. The summed E-state index contributed by atoms with van der Waals surface area (Å²) < 4.78 is 16.0. The molecule has 0 aliphatic carbocycles. The Labute approximate surface area is 416 Å². The molecular formula is C58H51ClN6O6. The van der Waals surface area contributed by atoms with Crippen molar-refractivity contribution in [3.05, 3.63) is 273 Å². The van der Waals surface area contributed by atoms with Crippen molar-refractivity contribution in [1.29, 1.82) is 0 Å². The van der Waals surface area contributed by atoms with Crippen LogP contribution in [0.1, 0.15) is 45.3 Å². The normalized spacial score (nSPS) is 10.9. The molecule has 4 aromatic carbocycles. The molecule has 0 atom stereocenters. The van der Waals surface area contributed by atoms with Crippen LogP contribution in [0.15, 0.2) is 225 Å². The lowest BCUT2D eigenvalue weighted by atomic mass is 10.2. The highest BCUT2D eigenvalue weighted by molar-refractivity contribution is 6.16. The largest absolute Gasteiger partial charge is 0.508 e. The molecule has 0 saturated carbocycles. The van der Waals surface area contributed by atoms with Crippen LogP contribution in [0.25, 0.3) is 21.9 Å². The first-order valence-electron chi connectivity index (χ1n) is 23.0. The molecule has 1 N–H and O–H groups in total. The Bertz CT molecular complexity index is 3260. The van der Waals surface area contributed by atoms with Gasteiger partial charge in [0.05, 0.1) is 40.0 Å². The van der Waals surface area contributed by atoms with Crippen LogP contribution in [-0.4, -0.2) is 34.8 Å². The zero-order valence-electron chi connectivity index (χ0n) is 38.8. The molecule has 0 radical (unpaired) electrons. The molecule has 6 heterocycles. The number of benzene rings is 4. The van der Waals surface area contributed by atoms with Gasteiger partial charge in [0, 0.05) is 86.7 Å². The fourth-order valence-electron chi connectivity index (χ4n) is 7.65. The Morgan fingerprint density at radius 2 is 0.901 bits per heavy atom. The maximum atomic E-state index is 11.5. The molecule has 12 nitrogen and oxygen atoms in total. The standard InChI is InChI=1S/C29H25N3O3.C20H20ClN3.C9H6O3/c33-29-15-13-23-12-14-27(17-28(23)35-29)34-21-26-11-6-10-25(31-26)20-32(18-22-7-2-1-3-8-22)19-24-9-4-5-16-30-24;21-13-18-10-6-11-20(23-18)16-24(14-17-7-2-1-3-8-17)15-19-9-4-5-12-22-19;10-7-3-1-6-2-4-9(11)12-8(6)5-7/h1-17H,18-21H2;1-12H,13-16H2;1-5,10H. The lowest BCUT2D eigenvalue weighted by molar-refractivity contribution is 0.240. The molecule has 0 amide bonds. The minimum absolute atomic E-state index is 0.0943. The first-order chi connectivity index (χ1) is 34.8. The fourth-order valence-corrected chi connectivity index (χ4v) is 7.79. The van der Waals surface area contributed by atoms with Crippen LogP contribution in [0.3, 0.4) is 0 Å². The number of phenolic OH excluding ortho intramolecular Hbond substituents is 1. The second kappa shape index (κ2) is 25.4. The third kappa shape index (κ3) is 15.6. The van der Waals surface area contributed by atoms with Crippen LogP contribution in [0.2, 0.25) is 0 Å². The Hall–Kier alpha value is -8.29. The van der Waals surface area contributed by atoms with E-state index in [1.165, 1.54) is 29.3 Å². The summed E-state index contributed by atoms with van der Waals surface area (Å²) in [4.78, 5) is 45.3. The van der Waals surface area contributed by atoms with E-state index in [4.69, 9.17) is 35.3 Å². The molecule has 10 rings (SSSR count). The van der Waals surface area contributed by atoms with Crippen LogP contribution in [-0.2, 0) is 51.8 Å². The van der Waals surface area contributed by atoms with Crippen molar-refractivity contribution in [3.63, 3.8) is 0 Å². The van der Waals surface area contributed by atoms with Crippen molar-refractivity contribution < 1.29 is 18.7 Å². The lowest BCUT2D eigenvalue weighted by Crippen LogP contribution is -2.23. The second-order valence-corrected chi connectivity index (χ2v) is 16.8. The first kappa shape index (κ1) is 49.1. The summed E-state index contributed by atoms with van der Waals surface area (Å²) in [5, 5.41) is 10.7. The van der Waals surface area contributed by atoms with Gasteiger partial charge in [-0.25, -0.2) is 9.59 Å². The van der Waals surface area contributed by atoms with Gasteiger partial charge in [-0.05, 0) is 96.1 Å². The van der Waals surface area contributed by atoms with Gasteiger partial charge in [0.1, 0.15) is 29.3 Å². The van der Waals surface area contributed by atoms with E-state index in [2.05, 4.69) is 79.3 Å². The predicted octanol–water partition coefficient (Wildman–Crippen LogP) is 11.3. The molecule has 13 heteroatoms. The van der Waals surface area contributed by atoms with Gasteiger partial charge in [-0.1, -0.05) is 84.9 Å². The van der Waals surface area contributed by atoms with Crippen molar-refractivity contribution in [3.8, 4) is 11.5 Å². The van der Waals surface area contributed by atoms with Gasteiger partial charge in [-0.3, -0.25) is 29.7 Å². The lowest BCUT2D eigenvalue weighted by Gasteiger charge is -2.22. The summed E-state index contributed by atoms with van der Waals surface area (Å²) in [6, 6.07) is 61.2. The fraction of sp³-hybridized carbons (Fsp3) is 0.138. The number of phenols is 1. The third-order valence-electron chi connectivity index (χ3n) is 10.9. The number of hydrogen-bond acceptors (Lipinski definition) is 12. The number of ether oxygens (including phenoxy) is 1. The second-order valence-electron chi connectivity index (χ2n) is 16.5. The summed E-state index contributed by atoms with van der Waals surface area (Å²) in [6.45, 7) is 4.90. The Kier molecular flexibility index (Phi) is 17.6. The molecule has 0 fully saturated rings. The van der Waals surface area contributed by atoms with Gasteiger partial charge < -0.3 is 18.7 Å². The zero-order chi connectivity index (χ0) is 49.0. The minimum Gasteiger partial charge on any atom is -0.508 e. The third-order valence-corrected chi connectivity index (χ3v) is 11.2. The molecule has 71 heavy (non-hydrogen) atoms. The van der Waals surface area contributed by atoms with Crippen LogP contribution >= 0.6 is 11.6 Å². The molecule has 0 spiro atoms. The predicted molar refractivity (Wildman–Crippen MR) is 276 cm³/mol. The topological polar surface area (TPSA) is 148 Å². The molecule has 0 saturated heterocycles. The van der Waals surface area contributed by atoms with Crippen LogP contribution in [0.4, 0.5) is 0 Å². The Morgan fingerprint density at radius 3 is 1.44 bits per heavy atom. The maximum absolute atomic E-state index is 11.5. The van der Waals surface area contributed by atoms with Gasteiger partial charge in [0.25, 0.3) is 0 Å². The van der Waals surface area contributed by atoms with E-state index in [9.17, 15) is 9.59 Å². The highest BCUT2D eigenvalue weighted by Gasteiger charge is 2.13. The molecule has 0 aliphatic heterocycles. The minimum atomic E-state index is -0.409. The highest BCUT2D eigenvalue weighted by Crippen LogP contribution is 2.22. The van der Waals surface area contributed by atoms with Crippen molar-refractivity contribution in [2.24, 2.45) is 0 Å². The van der Waals surface area contributed by atoms with E-state index in [1.807, 2.05) is 103 Å². The Balaban J connectivity index is 0.000000161. The smallest absolute Gasteiger partial charge is 0.336 e. The monoisotopic (exact) mass is 962 g/mol. The van der Waals surface area contributed by atoms with Gasteiger partial charge in [0.2, 0.25) is 0 Å². The van der Waals surface area contributed by atoms with Crippen LogP contribution in [0.5, 0.6) is 11.5 Å². The average Bonchev–Trinajstić information content (AvgIpc) is 3.39. The quantitative estimate of drug-likeness (QED) is 0.0726. The summed E-state index contributed by atoms with van der Waals surface area (Å²) in [5.74, 6) is 1.16. The average molecular weight is 964 g/mol. The van der Waals surface area contributed by atoms with Gasteiger partial charge in [0.15, 0.2) is 0 Å². The van der Waals surface area contributed by atoms with E-state index in [1.54, 1.807) is 30.3 Å². The van der Waals surface area contributed by atoms with Gasteiger partial charge >= 0.3 is 11.3 Å². The zero-order valence-corrected chi connectivity index (χ0v) is 39.6.